The molecule has 3 fully saturated rings. The van der Waals surface area contributed by atoms with Crippen molar-refractivity contribution in [2.45, 2.75) is 88.4 Å². The van der Waals surface area contributed by atoms with E-state index in [1.807, 2.05) is 35.2 Å². The van der Waals surface area contributed by atoms with E-state index in [-0.39, 0.29) is 41.5 Å². The first-order valence-electron chi connectivity index (χ1n) is 15.3. The molecule has 0 radical (unpaired) electrons. The fourth-order valence-corrected chi connectivity index (χ4v) is 10.1. The van der Waals surface area contributed by atoms with E-state index in [0.29, 0.717) is 26.1 Å². The van der Waals surface area contributed by atoms with Crippen molar-refractivity contribution in [2.24, 2.45) is 17.3 Å². The minimum atomic E-state index is -0.685. The third-order valence-electron chi connectivity index (χ3n) is 9.03. The smallest absolute Gasteiger partial charge is 0.247 e. The second-order valence-corrected chi connectivity index (χ2v) is 15.5. The Morgan fingerprint density at radius 3 is 2.36 bits per heavy atom. The van der Waals surface area contributed by atoms with Crippen molar-refractivity contribution >= 4 is 29.5 Å². The van der Waals surface area contributed by atoms with E-state index in [0.717, 1.165) is 24.8 Å². The molecule has 3 heterocycles. The van der Waals surface area contributed by atoms with Crippen LogP contribution in [0.25, 0.3) is 0 Å². The van der Waals surface area contributed by atoms with E-state index >= 15 is 0 Å². The van der Waals surface area contributed by atoms with E-state index in [2.05, 4.69) is 47.8 Å². The van der Waals surface area contributed by atoms with Crippen molar-refractivity contribution in [3.63, 3.8) is 0 Å². The zero-order chi connectivity index (χ0) is 30.9. The molecular formula is C34H49N3O4S. The summed E-state index contributed by atoms with van der Waals surface area (Å²) in [5.41, 5.74) is 0.531. The van der Waals surface area contributed by atoms with Crippen LogP contribution < -0.4 is 0 Å². The maximum Gasteiger partial charge on any atom is 0.247 e. The van der Waals surface area contributed by atoms with E-state index < -0.39 is 28.2 Å². The number of likely N-dealkylation sites (tertiary alicyclic amines) is 1. The maximum absolute atomic E-state index is 14.8. The largest absolute Gasteiger partial charge is 0.396 e. The molecule has 0 aromatic heterocycles. The standard InChI is InChI=1S/C34H49N3O4S/c1-8-18-35(22-24-14-11-10-12-15-24)29(39)26-25-16-17-34(42-25)27(26)30(40)36(20-13-21-38)28(34)31(41)37(19-9-2)33(6,7)23-32(3,4)5/h8-12,14-15,25-28,38H,1-2,13,16-23H2,3-7H3/t25-,26+,27-,28?,34?/m0/s1. The molecule has 2 unspecified atom stereocenters. The Morgan fingerprint density at radius 1 is 1.10 bits per heavy atom. The lowest BCUT2D eigenvalue weighted by atomic mass is 9.70. The minimum absolute atomic E-state index is 0.0136. The lowest BCUT2D eigenvalue weighted by Crippen LogP contribution is -2.60. The third-order valence-corrected chi connectivity index (χ3v) is 11.0. The summed E-state index contributed by atoms with van der Waals surface area (Å²) >= 11 is 1.69. The highest BCUT2D eigenvalue weighted by Crippen LogP contribution is 2.67. The van der Waals surface area contributed by atoms with Crippen LogP contribution in [0.4, 0.5) is 0 Å². The molecule has 3 aliphatic rings. The Hall–Kier alpha value is -2.58. The van der Waals surface area contributed by atoms with Gasteiger partial charge < -0.3 is 19.8 Å². The number of aliphatic hydroxyl groups excluding tert-OH is 1. The first kappa shape index (κ1) is 32.3. The van der Waals surface area contributed by atoms with E-state index in [1.165, 1.54) is 0 Å². The van der Waals surface area contributed by atoms with Crippen LogP contribution in [0, 0.1) is 17.3 Å². The van der Waals surface area contributed by atoms with Crippen LogP contribution in [0.1, 0.15) is 65.9 Å². The monoisotopic (exact) mass is 595 g/mol. The van der Waals surface area contributed by atoms with Crippen LogP contribution in [0.15, 0.2) is 55.6 Å². The van der Waals surface area contributed by atoms with Crippen molar-refractivity contribution in [1.82, 2.24) is 14.7 Å². The average molecular weight is 596 g/mol. The van der Waals surface area contributed by atoms with E-state index in [1.54, 1.807) is 33.7 Å². The van der Waals surface area contributed by atoms with Crippen molar-refractivity contribution in [2.75, 3.05) is 26.2 Å². The Bertz CT molecular complexity index is 1180. The van der Waals surface area contributed by atoms with Gasteiger partial charge in [0.15, 0.2) is 0 Å². The first-order chi connectivity index (χ1) is 19.8. The Labute approximate surface area is 256 Å². The molecule has 1 aromatic rings. The van der Waals surface area contributed by atoms with Crippen LogP contribution in [0.2, 0.25) is 0 Å². The summed E-state index contributed by atoms with van der Waals surface area (Å²) in [4.78, 5) is 48.8. The van der Waals surface area contributed by atoms with Crippen LogP contribution >= 0.6 is 11.8 Å². The highest BCUT2D eigenvalue weighted by Gasteiger charge is 2.74. The number of fused-ring (bicyclic) bond motifs is 1. The quantitative estimate of drug-likeness (QED) is 0.328. The normalized spacial score (nSPS) is 26.7. The van der Waals surface area contributed by atoms with Crippen molar-refractivity contribution in [3.05, 3.63) is 61.2 Å². The Kier molecular flexibility index (Phi) is 9.68. The predicted molar refractivity (Wildman–Crippen MR) is 170 cm³/mol. The topological polar surface area (TPSA) is 81.2 Å². The molecule has 0 saturated carbocycles. The van der Waals surface area contributed by atoms with Crippen molar-refractivity contribution < 1.29 is 19.5 Å². The lowest BCUT2D eigenvalue weighted by Gasteiger charge is -2.46. The number of hydrogen-bond donors (Lipinski definition) is 1. The van der Waals surface area contributed by atoms with Gasteiger partial charge in [0.2, 0.25) is 17.7 Å². The minimum Gasteiger partial charge on any atom is -0.396 e. The zero-order valence-corrected chi connectivity index (χ0v) is 26.9. The van der Waals surface area contributed by atoms with Gasteiger partial charge in [0, 0.05) is 43.6 Å². The zero-order valence-electron chi connectivity index (χ0n) is 26.1. The van der Waals surface area contributed by atoms with Gasteiger partial charge in [0.05, 0.1) is 16.6 Å². The lowest BCUT2D eigenvalue weighted by molar-refractivity contribution is -0.147. The molecule has 4 rings (SSSR count). The summed E-state index contributed by atoms with van der Waals surface area (Å²) < 4.78 is -0.668. The van der Waals surface area contributed by atoms with Crippen molar-refractivity contribution in [3.8, 4) is 0 Å². The summed E-state index contributed by atoms with van der Waals surface area (Å²) in [6.07, 6.45) is 6.17. The van der Waals surface area contributed by atoms with Gasteiger partial charge in [-0.15, -0.1) is 24.9 Å². The molecule has 1 aromatic carbocycles. The number of thioether (sulfide) groups is 1. The number of amides is 3. The molecular weight excluding hydrogens is 546 g/mol. The predicted octanol–water partition coefficient (Wildman–Crippen LogP) is 4.90. The van der Waals surface area contributed by atoms with Crippen LogP contribution in [0.3, 0.4) is 0 Å². The second kappa shape index (κ2) is 12.6. The molecule has 3 aliphatic heterocycles. The van der Waals surface area contributed by atoms with E-state index in [9.17, 15) is 19.5 Å². The highest BCUT2D eigenvalue weighted by atomic mass is 32.2. The number of carbonyl (C=O) groups excluding carboxylic acids is 3. The molecule has 3 amide bonds. The number of aliphatic hydroxyl groups is 1. The molecule has 1 spiro atoms. The molecule has 3 saturated heterocycles. The summed E-state index contributed by atoms with van der Waals surface area (Å²) in [5.74, 6) is -1.31. The number of carbonyl (C=O) groups is 3. The molecule has 230 valence electrons. The fourth-order valence-electron chi connectivity index (χ4n) is 7.90. The number of hydrogen-bond acceptors (Lipinski definition) is 5. The van der Waals surface area contributed by atoms with Crippen LogP contribution in [-0.4, -0.2) is 85.3 Å². The van der Waals surface area contributed by atoms with Gasteiger partial charge in [-0.1, -0.05) is 63.3 Å². The molecule has 2 bridgehead atoms. The SMILES string of the molecule is C=CCN(Cc1ccccc1)C(=O)[C@@H]1[C@@H]2CCC3(S2)C(C(=O)N(CC=C)C(C)(C)CC(C)(C)C)N(CCCO)C(=O)[C@H]13. The second-order valence-electron chi connectivity index (χ2n) is 13.9. The summed E-state index contributed by atoms with van der Waals surface area (Å²) in [7, 11) is 0. The molecule has 8 heteroatoms. The average Bonchev–Trinajstić information content (AvgIpc) is 3.56. The molecule has 7 nitrogen and oxygen atoms in total. The van der Waals surface area contributed by atoms with Gasteiger partial charge in [0.1, 0.15) is 6.04 Å². The molecule has 5 atom stereocenters. The van der Waals surface area contributed by atoms with Gasteiger partial charge in [-0.3, -0.25) is 14.4 Å². The highest BCUT2D eigenvalue weighted by molar-refractivity contribution is 8.02. The number of benzene rings is 1. The van der Waals surface area contributed by atoms with Crippen LogP contribution in [-0.2, 0) is 20.9 Å². The molecule has 0 aliphatic carbocycles. The molecule has 1 N–H and O–H groups in total. The van der Waals surface area contributed by atoms with Gasteiger partial charge in [-0.25, -0.2) is 0 Å². The first-order valence-corrected chi connectivity index (χ1v) is 16.1. The third kappa shape index (κ3) is 6.07. The van der Waals surface area contributed by atoms with Crippen LogP contribution in [0.5, 0.6) is 0 Å². The summed E-state index contributed by atoms with van der Waals surface area (Å²) in [6, 6.07) is 9.18. The van der Waals surface area contributed by atoms with E-state index in [4.69, 9.17) is 0 Å². The number of nitrogens with zero attached hydrogens (tertiary/aromatic N) is 3. The molecule has 42 heavy (non-hydrogen) atoms. The van der Waals surface area contributed by atoms with Gasteiger partial charge in [-0.05, 0) is 50.5 Å². The van der Waals surface area contributed by atoms with Gasteiger partial charge >= 0.3 is 0 Å². The fraction of sp³-hybridized carbons (Fsp3) is 0.618. The van der Waals surface area contributed by atoms with Gasteiger partial charge in [0.25, 0.3) is 0 Å². The maximum atomic E-state index is 14.8. The summed E-state index contributed by atoms with van der Waals surface area (Å²) in [6.45, 7) is 19.9. The van der Waals surface area contributed by atoms with Crippen molar-refractivity contribution in [1.29, 1.82) is 0 Å². The Balaban J connectivity index is 1.72. The Morgan fingerprint density at radius 2 is 1.76 bits per heavy atom. The van der Waals surface area contributed by atoms with Gasteiger partial charge in [-0.2, -0.15) is 0 Å². The summed E-state index contributed by atoms with van der Waals surface area (Å²) in [5, 5.41) is 9.70. The number of rotatable bonds is 13.